The first-order chi connectivity index (χ1) is 11.1. The van der Waals surface area contributed by atoms with Crippen LogP contribution in [0.4, 0.5) is 0 Å². The number of hydrogen-bond acceptors (Lipinski definition) is 4. The molecule has 7 heteroatoms. The number of carbonyl (C=O) groups is 2. The van der Waals surface area contributed by atoms with Gasteiger partial charge in [0, 0.05) is 39.4 Å². The van der Waals surface area contributed by atoms with E-state index < -0.39 is 0 Å². The molecule has 122 valence electrons. The predicted octanol–water partition coefficient (Wildman–Crippen LogP) is 0.504. The van der Waals surface area contributed by atoms with E-state index in [1.54, 1.807) is 35.4 Å². The molecular formula is C16H20N4O3. The third kappa shape index (κ3) is 3.05. The molecule has 1 aromatic carbocycles. The number of fused-ring (bicyclic) bond motifs is 1. The smallest absolute Gasteiger partial charge is 0.254 e. The largest absolute Gasteiger partial charge is 0.383 e. The molecule has 23 heavy (non-hydrogen) atoms. The van der Waals surface area contributed by atoms with E-state index in [1.165, 1.54) is 0 Å². The Kier molecular flexibility index (Phi) is 4.29. The average molecular weight is 316 g/mol. The number of nitrogens with zero attached hydrogens (tertiary/aromatic N) is 4. The van der Waals surface area contributed by atoms with E-state index in [4.69, 9.17) is 4.74 Å². The second-order valence-corrected chi connectivity index (χ2v) is 5.66. The van der Waals surface area contributed by atoms with E-state index in [0.29, 0.717) is 31.8 Å². The lowest BCUT2D eigenvalue weighted by Gasteiger charge is -2.34. The van der Waals surface area contributed by atoms with Crippen LogP contribution < -0.4 is 0 Å². The third-order valence-electron chi connectivity index (χ3n) is 4.14. The van der Waals surface area contributed by atoms with Gasteiger partial charge in [-0.1, -0.05) is 0 Å². The Labute approximate surface area is 134 Å². The van der Waals surface area contributed by atoms with E-state index in [0.717, 1.165) is 11.0 Å². The highest BCUT2D eigenvalue weighted by atomic mass is 16.5. The van der Waals surface area contributed by atoms with Gasteiger partial charge in [-0.05, 0) is 18.2 Å². The molecule has 1 aliphatic rings. The van der Waals surface area contributed by atoms with Crippen molar-refractivity contribution in [2.45, 2.75) is 0 Å². The monoisotopic (exact) mass is 316 g/mol. The highest BCUT2D eigenvalue weighted by molar-refractivity contribution is 5.99. The van der Waals surface area contributed by atoms with Crippen molar-refractivity contribution in [3.8, 4) is 0 Å². The minimum Gasteiger partial charge on any atom is -0.383 e. The summed E-state index contributed by atoms with van der Waals surface area (Å²) >= 11 is 0. The fourth-order valence-corrected chi connectivity index (χ4v) is 2.77. The van der Waals surface area contributed by atoms with Gasteiger partial charge in [-0.25, -0.2) is 4.98 Å². The van der Waals surface area contributed by atoms with E-state index in [1.807, 2.05) is 17.7 Å². The van der Waals surface area contributed by atoms with Crippen molar-refractivity contribution < 1.29 is 14.3 Å². The number of aryl methyl sites for hydroxylation is 1. The molecule has 0 spiro atoms. The van der Waals surface area contributed by atoms with Gasteiger partial charge in [-0.2, -0.15) is 0 Å². The molecule has 1 saturated heterocycles. The van der Waals surface area contributed by atoms with Crippen LogP contribution in [-0.2, 0) is 16.6 Å². The summed E-state index contributed by atoms with van der Waals surface area (Å²) in [4.78, 5) is 32.3. The molecule has 3 rings (SSSR count). The first kappa shape index (κ1) is 15.5. The fourth-order valence-electron chi connectivity index (χ4n) is 2.77. The first-order valence-corrected chi connectivity index (χ1v) is 7.57. The molecule has 2 amide bonds. The summed E-state index contributed by atoms with van der Waals surface area (Å²) in [6.45, 7) is 2.27. The van der Waals surface area contributed by atoms with Crippen LogP contribution in [0.3, 0.4) is 0 Å². The number of benzene rings is 1. The zero-order valence-corrected chi connectivity index (χ0v) is 13.4. The molecule has 0 saturated carbocycles. The van der Waals surface area contributed by atoms with Gasteiger partial charge in [0.15, 0.2) is 0 Å². The predicted molar refractivity (Wildman–Crippen MR) is 85.1 cm³/mol. The summed E-state index contributed by atoms with van der Waals surface area (Å²) in [5.74, 6) is -0.169. The van der Waals surface area contributed by atoms with E-state index in [2.05, 4.69) is 4.98 Å². The Hall–Kier alpha value is -2.41. The topological polar surface area (TPSA) is 67.7 Å². The molecule has 2 heterocycles. The Bertz CT molecular complexity index is 740. The lowest BCUT2D eigenvalue weighted by atomic mass is 10.1. The van der Waals surface area contributed by atoms with Gasteiger partial charge < -0.3 is 19.1 Å². The quantitative estimate of drug-likeness (QED) is 0.824. The average Bonchev–Trinajstić information content (AvgIpc) is 2.93. The van der Waals surface area contributed by atoms with Crippen LogP contribution in [0, 0.1) is 0 Å². The van der Waals surface area contributed by atoms with Gasteiger partial charge in [0.1, 0.15) is 6.54 Å². The molecule has 0 bridgehead atoms. The van der Waals surface area contributed by atoms with E-state index >= 15 is 0 Å². The number of ether oxygens (including phenoxy) is 1. The van der Waals surface area contributed by atoms with Crippen LogP contribution >= 0.6 is 0 Å². The maximum atomic E-state index is 12.6. The van der Waals surface area contributed by atoms with E-state index in [9.17, 15) is 9.59 Å². The lowest BCUT2D eigenvalue weighted by Crippen LogP contribution is -2.52. The van der Waals surface area contributed by atoms with Crippen molar-refractivity contribution in [2.75, 3.05) is 39.9 Å². The summed E-state index contributed by atoms with van der Waals surface area (Å²) in [6, 6.07) is 5.44. The molecule has 1 fully saturated rings. The second kappa shape index (κ2) is 6.37. The molecule has 0 unspecified atom stereocenters. The van der Waals surface area contributed by atoms with Crippen LogP contribution in [-0.4, -0.2) is 71.1 Å². The molecule has 1 aromatic heterocycles. The number of amides is 2. The SMILES string of the molecule is COCCN1CCN(C(=O)c2ccc3c(c2)ncn3C)CC1=O. The van der Waals surface area contributed by atoms with Gasteiger partial charge in [0.2, 0.25) is 5.91 Å². The number of imidazole rings is 1. The first-order valence-electron chi connectivity index (χ1n) is 7.57. The van der Waals surface area contributed by atoms with Gasteiger partial charge in [0.05, 0.1) is 24.0 Å². The number of rotatable bonds is 4. The van der Waals surface area contributed by atoms with Crippen molar-refractivity contribution in [1.82, 2.24) is 19.4 Å². The Morgan fingerprint density at radius 2 is 2.17 bits per heavy atom. The van der Waals surface area contributed by atoms with Crippen molar-refractivity contribution in [3.05, 3.63) is 30.1 Å². The van der Waals surface area contributed by atoms with Crippen LogP contribution in [0.15, 0.2) is 24.5 Å². The van der Waals surface area contributed by atoms with Crippen LogP contribution in [0.1, 0.15) is 10.4 Å². The zero-order chi connectivity index (χ0) is 16.4. The van der Waals surface area contributed by atoms with Gasteiger partial charge >= 0.3 is 0 Å². The summed E-state index contributed by atoms with van der Waals surface area (Å²) < 4.78 is 6.90. The second-order valence-electron chi connectivity index (χ2n) is 5.66. The van der Waals surface area contributed by atoms with Crippen LogP contribution in [0.25, 0.3) is 11.0 Å². The minimum absolute atomic E-state index is 0.0411. The molecule has 0 atom stereocenters. The number of aromatic nitrogens is 2. The molecule has 1 aliphatic heterocycles. The number of hydrogen-bond donors (Lipinski definition) is 0. The summed E-state index contributed by atoms with van der Waals surface area (Å²) in [5.41, 5.74) is 2.32. The normalized spacial score (nSPS) is 15.5. The van der Waals surface area contributed by atoms with Gasteiger partial charge in [-0.3, -0.25) is 9.59 Å². The highest BCUT2D eigenvalue weighted by Gasteiger charge is 2.27. The van der Waals surface area contributed by atoms with Gasteiger partial charge in [0.25, 0.3) is 5.91 Å². The molecule has 0 aliphatic carbocycles. The summed E-state index contributed by atoms with van der Waals surface area (Å²) in [6.07, 6.45) is 1.72. The molecule has 7 nitrogen and oxygen atoms in total. The van der Waals surface area contributed by atoms with Crippen molar-refractivity contribution in [1.29, 1.82) is 0 Å². The Morgan fingerprint density at radius 1 is 1.35 bits per heavy atom. The lowest BCUT2D eigenvalue weighted by molar-refractivity contribution is -0.135. The van der Waals surface area contributed by atoms with Crippen LogP contribution in [0.2, 0.25) is 0 Å². The Morgan fingerprint density at radius 3 is 2.91 bits per heavy atom. The maximum absolute atomic E-state index is 12.6. The van der Waals surface area contributed by atoms with E-state index in [-0.39, 0.29) is 18.4 Å². The molecule has 0 radical (unpaired) electrons. The van der Waals surface area contributed by atoms with Crippen molar-refractivity contribution >= 4 is 22.8 Å². The van der Waals surface area contributed by atoms with Crippen LogP contribution in [0.5, 0.6) is 0 Å². The third-order valence-corrected chi connectivity index (χ3v) is 4.14. The fraction of sp³-hybridized carbons (Fsp3) is 0.438. The summed E-state index contributed by atoms with van der Waals surface area (Å²) in [5, 5.41) is 0. The Balaban J connectivity index is 1.71. The van der Waals surface area contributed by atoms with Crippen molar-refractivity contribution in [2.24, 2.45) is 7.05 Å². The molecular weight excluding hydrogens is 296 g/mol. The number of piperazine rings is 1. The van der Waals surface area contributed by atoms with Crippen molar-refractivity contribution in [3.63, 3.8) is 0 Å². The maximum Gasteiger partial charge on any atom is 0.254 e. The number of carbonyl (C=O) groups excluding carboxylic acids is 2. The number of methoxy groups -OCH3 is 1. The summed E-state index contributed by atoms with van der Waals surface area (Å²) in [7, 11) is 3.52. The minimum atomic E-state index is -0.128. The zero-order valence-electron chi connectivity index (χ0n) is 13.4. The highest BCUT2D eigenvalue weighted by Crippen LogP contribution is 2.16. The standard InChI is InChI=1S/C16H20N4O3/c1-18-11-17-13-9-12(3-4-14(13)18)16(22)20-6-5-19(7-8-23-2)15(21)10-20/h3-4,9,11H,5-8,10H2,1-2H3. The molecule has 0 N–H and O–H groups in total. The van der Waals surface area contributed by atoms with Gasteiger partial charge in [-0.15, -0.1) is 0 Å². The molecule has 2 aromatic rings.